The summed E-state index contributed by atoms with van der Waals surface area (Å²) < 4.78 is 38.5. The number of alkyl halides is 4. The molecular weight excluding hydrogens is 347 g/mol. The van der Waals surface area contributed by atoms with Crippen molar-refractivity contribution in [2.75, 3.05) is 6.54 Å². The SMILES string of the molecule is CC(C)(C)CC(Br)CNC(=O)c1ccccc1C(F)(F)F. The van der Waals surface area contributed by atoms with E-state index in [1.807, 2.05) is 0 Å². The highest BCUT2D eigenvalue weighted by Gasteiger charge is 2.34. The highest BCUT2D eigenvalue weighted by atomic mass is 79.9. The zero-order valence-corrected chi connectivity index (χ0v) is 13.8. The lowest BCUT2D eigenvalue weighted by Gasteiger charge is -2.22. The van der Waals surface area contributed by atoms with Crippen LogP contribution >= 0.6 is 15.9 Å². The molecule has 21 heavy (non-hydrogen) atoms. The van der Waals surface area contributed by atoms with Gasteiger partial charge in [-0.25, -0.2) is 0 Å². The van der Waals surface area contributed by atoms with E-state index in [9.17, 15) is 18.0 Å². The number of hydrogen-bond acceptors (Lipinski definition) is 1. The van der Waals surface area contributed by atoms with Crippen molar-refractivity contribution in [3.8, 4) is 0 Å². The summed E-state index contributed by atoms with van der Waals surface area (Å²) in [5.41, 5.74) is -1.19. The molecule has 0 aliphatic rings. The Hall–Kier alpha value is -1.04. The predicted octanol–water partition coefficient (Wildman–Crippen LogP) is 4.63. The van der Waals surface area contributed by atoms with Crippen LogP contribution in [-0.4, -0.2) is 17.3 Å². The fourth-order valence-electron chi connectivity index (χ4n) is 1.96. The number of hydrogen-bond donors (Lipinski definition) is 1. The van der Waals surface area contributed by atoms with Crippen molar-refractivity contribution in [3.63, 3.8) is 0 Å². The summed E-state index contributed by atoms with van der Waals surface area (Å²) in [6, 6.07) is 4.79. The first-order valence-corrected chi connectivity index (χ1v) is 7.51. The van der Waals surface area contributed by atoms with Gasteiger partial charge in [0.25, 0.3) is 5.91 Å². The Kier molecular flexibility index (Phi) is 5.84. The average molecular weight is 366 g/mol. The summed E-state index contributed by atoms with van der Waals surface area (Å²) in [6.07, 6.45) is -3.73. The molecule has 1 unspecified atom stereocenters. The molecule has 2 nitrogen and oxygen atoms in total. The molecule has 0 bridgehead atoms. The highest BCUT2D eigenvalue weighted by Crippen LogP contribution is 2.31. The first-order valence-electron chi connectivity index (χ1n) is 6.59. The van der Waals surface area contributed by atoms with Crippen LogP contribution in [0.1, 0.15) is 43.1 Å². The van der Waals surface area contributed by atoms with E-state index in [1.54, 1.807) is 0 Å². The van der Waals surface area contributed by atoms with Crippen LogP contribution in [0.4, 0.5) is 13.2 Å². The molecule has 1 N–H and O–H groups in total. The Morgan fingerprint density at radius 1 is 1.24 bits per heavy atom. The van der Waals surface area contributed by atoms with Crippen LogP contribution in [0.15, 0.2) is 24.3 Å². The number of carbonyl (C=O) groups excluding carboxylic acids is 1. The van der Waals surface area contributed by atoms with Crippen LogP contribution in [0.3, 0.4) is 0 Å². The Bertz CT molecular complexity index is 494. The first kappa shape index (κ1) is 18.0. The molecule has 1 rings (SSSR count). The van der Waals surface area contributed by atoms with Crippen LogP contribution in [0.2, 0.25) is 0 Å². The molecule has 0 fully saturated rings. The molecule has 0 spiro atoms. The molecular formula is C15H19BrF3NO. The van der Waals surface area contributed by atoms with Crippen LogP contribution in [0.25, 0.3) is 0 Å². The van der Waals surface area contributed by atoms with E-state index in [4.69, 9.17) is 0 Å². The van der Waals surface area contributed by atoms with E-state index < -0.39 is 17.6 Å². The van der Waals surface area contributed by atoms with Crippen molar-refractivity contribution < 1.29 is 18.0 Å². The van der Waals surface area contributed by atoms with Crippen molar-refractivity contribution >= 4 is 21.8 Å². The summed E-state index contributed by atoms with van der Waals surface area (Å²) in [6.45, 7) is 6.45. The molecule has 0 aliphatic carbocycles. The van der Waals surface area contributed by atoms with Crippen molar-refractivity contribution in [2.45, 2.75) is 38.2 Å². The van der Waals surface area contributed by atoms with Gasteiger partial charge in [0.1, 0.15) is 0 Å². The highest BCUT2D eigenvalue weighted by molar-refractivity contribution is 9.09. The molecule has 118 valence electrons. The van der Waals surface area contributed by atoms with Crippen molar-refractivity contribution in [3.05, 3.63) is 35.4 Å². The van der Waals surface area contributed by atoms with Gasteiger partial charge in [0.2, 0.25) is 0 Å². The quantitative estimate of drug-likeness (QED) is 0.774. The second kappa shape index (κ2) is 6.81. The lowest BCUT2D eigenvalue weighted by Crippen LogP contribution is -2.32. The average Bonchev–Trinajstić information content (AvgIpc) is 2.33. The molecule has 0 saturated heterocycles. The fourth-order valence-corrected chi connectivity index (χ4v) is 3.10. The summed E-state index contributed by atoms with van der Waals surface area (Å²) in [4.78, 5) is 12.0. The summed E-state index contributed by atoms with van der Waals surface area (Å²) in [5.74, 6) is -0.707. The predicted molar refractivity (Wildman–Crippen MR) is 80.6 cm³/mol. The molecule has 0 saturated carbocycles. The lowest BCUT2D eigenvalue weighted by atomic mass is 9.90. The maximum atomic E-state index is 12.8. The van der Waals surface area contributed by atoms with Crippen molar-refractivity contribution in [1.82, 2.24) is 5.32 Å². The van der Waals surface area contributed by atoms with Crippen LogP contribution < -0.4 is 5.32 Å². The van der Waals surface area contributed by atoms with Gasteiger partial charge in [-0.2, -0.15) is 13.2 Å². The van der Waals surface area contributed by atoms with Crippen LogP contribution in [0, 0.1) is 5.41 Å². The summed E-state index contributed by atoms with van der Waals surface area (Å²) >= 11 is 3.44. The topological polar surface area (TPSA) is 29.1 Å². The number of benzene rings is 1. The normalized spacial score (nSPS) is 13.9. The Balaban J connectivity index is 2.73. The summed E-state index contributed by atoms with van der Waals surface area (Å²) in [5, 5.41) is 2.55. The first-order chi connectivity index (χ1) is 9.50. The minimum absolute atomic E-state index is 0.0134. The van der Waals surface area contributed by atoms with E-state index in [-0.39, 0.29) is 22.4 Å². The number of amides is 1. The third-order valence-electron chi connectivity index (χ3n) is 2.80. The van der Waals surface area contributed by atoms with Gasteiger partial charge in [0.05, 0.1) is 11.1 Å². The molecule has 0 radical (unpaired) electrons. The van der Waals surface area contributed by atoms with Gasteiger partial charge in [-0.05, 0) is 24.0 Å². The van der Waals surface area contributed by atoms with E-state index in [0.29, 0.717) is 0 Å². The molecule has 0 heterocycles. The minimum atomic E-state index is -4.53. The smallest absolute Gasteiger partial charge is 0.351 e. The molecule has 1 amide bonds. The standard InChI is InChI=1S/C15H19BrF3NO/c1-14(2,3)8-10(16)9-20-13(21)11-6-4-5-7-12(11)15(17,18)19/h4-7,10H,8-9H2,1-3H3,(H,20,21). The maximum Gasteiger partial charge on any atom is 0.417 e. The van der Waals surface area contributed by atoms with Gasteiger partial charge in [-0.3, -0.25) is 4.79 Å². The molecule has 1 aromatic carbocycles. The maximum absolute atomic E-state index is 12.8. The van der Waals surface area contributed by atoms with Crippen molar-refractivity contribution in [1.29, 1.82) is 0 Å². The van der Waals surface area contributed by atoms with Gasteiger partial charge in [-0.1, -0.05) is 48.8 Å². The van der Waals surface area contributed by atoms with Gasteiger partial charge >= 0.3 is 6.18 Å². The third kappa shape index (κ3) is 6.08. The largest absolute Gasteiger partial charge is 0.417 e. The van der Waals surface area contributed by atoms with Gasteiger partial charge in [0, 0.05) is 11.4 Å². The number of nitrogens with one attached hydrogen (secondary N) is 1. The lowest BCUT2D eigenvalue weighted by molar-refractivity contribution is -0.137. The van der Waals surface area contributed by atoms with Crippen LogP contribution in [0.5, 0.6) is 0 Å². The van der Waals surface area contributed by atoms with Crippen molar-refractivity contribution in [2.24, 2.45) is 5.41 Å². The zero-order chi connectivity index (χ0) is 16.3. The monoisotopic (exact) mass is 365 g/mol. The van der Waals surface area contributed by atoms with Gasteiger partial charge in [0.15, 0.2) is 0 Å². The van der Waals surface area contributed by atoms with Gasteiger partial charge in [-0.15, -0.1) is 0 Å². The second-order valence-corrected chi connectivity index (χ2v) is 7.41. The fraction of sp³-hybridized carbons (Fsp3) is 0.533. The Morgan fingerprint density at radius 2 is 1.81 bits per heavy atom. The molecule has 1 aromatic rings. The molecule has 0 aliphatic heterocycles. The van der Waals surface area contributed by atoms with E-state index in [1.165, 1.54) is 18.2 Å². The van der Waals surface area contributed by atoms with Crippen LogP contribution in [-0.2, 0) is 6.18 Å². The second-order valence-electron chi connectivity index (χ2n) is 6.12. The zero-order valence-electron chi connectivity index (χ0n) is 12.2. The number of rotatable bonds is 4. The number of carbonyl (C=O) groups is 1. The van der Waals surface area contributed by atoms with E-state index in [2.05, 4.69) is 42.0 Å². The molecule has 0 aromatic heterocycles. The Morgan fingerprint density at radius 3 is 2.33 bits per heavy atom. The van der Waals surface area contributed by atoms with E-state index in [0.717, 1.165) is 12.5 Å². The third-order valence-corrected chi connectivity index (χ3v) is 3.44. The van der Waals surface area contributed by atoms with Gasteiger partial charge < -0.3 is 5.32 Å². The summed E-state index contributed by atoms with van der Waals surface area (Å²) in [7, 11) is 0. The Labute approximate surface area is 131 Å². The molecule has 6 heteroatoms. The number of halogens is 4. The minimum Gasteiger partial charge on any atom is -0.351 e. The van der Waals surface area contributed by atoms with E-state index >= 15 is 0 Å². The molecule has 1 atom stereocenters.